The summed E-state index contributed by atoms with van der Waals surface area (Å²) in [4.78, 5) is 0. The third-order valence-electron chi connectivity index (χ3n) is 3.75. The van der Waals surface area contributed by atoms with E-state index in [-0.39, 0.29) is 17.5 Å². The first kappa shape index (κ1) is 17.8. The molecule has 0 atom stereocenters. The number of benzene rings is 2. The Morgan fingerprint density at radius 2 is 1.71 bits per heavy atom. The average Bonchev–Trinajstić information content (AvgIpc) is 2.54. The molecule has 0 saturated heterocycles. The Hall–Kier alpha value is -2.54. The molecule has 4 heteroatoms. The molecule has 0 radical (unpaired) electrons. The van der Waals surface area contributed by atoms with E-state index in [4.69, 9.17) is 5.26 Å². The van der Waals surface area contributed by atoms with Crippen LogP contribution < -0.4 is 0 Å². The molecule has 2 aromatic carbocycles. The van der Waals surface area contributed by atoms with Crippen molar-refractivity contribution in [2.24, 2.45) is 0 Å². The number of allylic oxidation sites excluding steroid dienone is 1. The van der Waals surface area contributed by atoms with E-state index in [0.717, 1.165) is 12.8 Å². The second-order valence-electron chi connectivity index (χ2n) is 5.58. The largest absolute Gasteiger partial charge is 0.207 e. The molecule has 0 bridgehead atoms. The van der Waals surface area contributed by atoms with Gasteiger partial charge in [-0.05, 0) is 54.7 Å². The molecular weight excluding hydrogens is 311 g/mol. The van der Waals surface area contributed by atoms with E-state index in [2.05, 4.69) is 0 Å². The minimum absolute atomic E-state index is 0.00703. The van der Waals surface area contributed by atoms with E-state index in [9.17, 15) is 13.2 Å². The van der Waals surface area contributed by atoms with Crippen molar-refractivity contribution in [3.8, 4) is 6.07 Å². The van der Waals surface area contributed by atoms with Crippen LogP contribution in [0.15, 0.2) is 36.4 Å². The van der Waals surface area contributed by atoms with Gasteiger partial charge in [-0.15, -0.1) is 0 Å². The van der Waals surface area contributed by atoms with Crippen LogP contribution >= 0.6 is 0 Å². The molecule has 24 heavy (non-hydrogen) atoms. The smallest absolute Gasteiger partial charge is 0.141 e. The molecule has 0 fully saturated rings. The fraction of sp³-hybridized carbons (Fsp3) is 0.250. The van der Waals surface area contributed by atoms with Gasteiger partial charge in [-0.3, -0.25) is 0 Å². The summed E-state index contributed by atoms with van der Waals surface area (Å²) in [6.07, 6.45) is 5.84. The van der Waals surface area contributed by atoms with Crippen LogP contribution in [0.4, 0.5) is 13.2 Å². The standard InChI is InChI=1S/C20H18F3N/c1-2-3-4-5-15-11-19(22)17(20(23)12-15)9-7-14-6-8-16(13-24)18(21)10-14/h4-6,8,10-12H,2-3,7,9H2,1H3. The highest BCUT2D eigenvalue weighted by Crippen LogP contribution is 2.20. The van der Waals surface area contributed by atoms with Gasteiger partial charge in [-0.25, -0.2) is 13.2 Å². The van der Waals surface area contributed by atoms with E-state index in [1.54, 1.807) is 18.2 Å². The van der Waals surface area contributed by atoms with Crippen LogP contribution in [-0.2, 0) is 12.8 Å². The molecule has 0 N–H and O–H groups in total. The molecular formula is C20H18F3N. The fourth-order valence-corrected chi connectivity index (χ4v) is 2.42. The topological polar surface area (TPSA) is 23.8 Å². The molecule has 0 saturated carbocycles. The lowest BCUT2D eigenvalue weighted by molar-refractivity contribution is 0.553. The van der Waals surface area contributed by atoms with Gasteiger partial charge in [0.25, 0.3) is 0 Å². The highest BCUT2D eigenvalue weighted by atomic mass is 19.1. The van der Waals surface area contributed by atoms with Gasteiger partial charge in [0, 0.05) is 5.56 Å². The molecule has 1 nitrogen and oxygen atoms in total. The van der Waals surface area contributed by atoms with Crippen LogP contribution in [0.5, 0.6) is 0 Å². The maximum atomic E-state index is 14.1. The molecule has 0 amide bonds. The van der Waals surface area contributed by atoms with Crippen LogP contribution in [0.25, 0.3) is 6.08 Å². The van der Waals surface area contributed by atoms with Crippen LogP contribution in [0, 0.1) is 28.8 Å². The number of nitrogens with zero attached hydrogens (tertiary/aromatic N) is 1. The average molecular weight is 329 g/mol. The van der Waals surface area contributed by atoms with Crippen molar-refractivity contribution in [3.05, 3.63) is 76.1 Å². The monoisotopic (exact) mass is 329 g/mol. The van der Waals surface area contributed by atoms with Crippen LogP contribution in [0.3, 0.4) is 0 Å². The van der Waals surface area contributed by atoms with Crippen LogP contribution in [0.1, 0.15) is 42.0 Å². The third-order valence-corrected chi connectivity index (χ3v) is 3.75. The molecule has 0 aliphatic heterocycles. The summed E-state index contributed by atoms with van der Waals surface area (Å²) in [7, 11) is 0. The second kappa shape index (κ2) is 8.35. The highest BCUT2D eigenvalue weighted by Gasteiger charge is 2.11. The van der Waals surface area contributed by atoms with E-state index in [0.29, 0.717) is 17.5 Å². The van der Waals surface area contributed by atoms with Gasteiger partial charge in [0.15, 0.2) is 0 Å². The second-order valence-corrected chi connectivity index (χ2v) is 5.58. The number of hydrogen-bond acceptors (Lipinski definition) is 1. The summed E-state index contributed by atoms with van der Waals surface area (Å²) in [5, 5.41) is 8.70. The molecule has 0 aliphatic rings. The predicted octanol–water partition coefficient (Wildman–Crippen LogP) is 5.57. The Balaban J connectivity index is 2.13. The predicted molar refractivity (Wildman–Crippen MR) is 88.8 cm³/mol. The van der Waals surface area contributed by atoms with Gasteiger partial charge in [-0.2, -0.15) is 5.26 Å². The summed E-state index contributed by atoms with van der Waals surface area (Å²) in [6, 6.07) is 8.56. The van der Waals surface area contributed by atoms with Crippen LogP contribution in [-0.4, -0.2) is 0 Å². The molecule has 0 heterocycles. The third kappa shape index (κ3) is 4.48. The molecule has 0 aliphatic carbocycles. The minimum Gasteiger partial charge on any atom is -0.207 e. The Bertz CT molecular complexity index is 765. The summed E-state index contributed by atoms with van der Waals surface area (Å²) >= 11 is 0. The Morgan fingerprint density at radius 1 is 1.00 bits per heavy atom. The molecule has 0 unspecified atom stereocenters. The lowest BCUT2D eigenvalue weighted by atomic mass is 10.0. The summed E-state index contributed by atoms with van der Waals surface area (Å²) in [6.45, 7) is 2.03. The number of halogens is 3. The van der Waals surface area contributed by atoms with Crippen molar-refractivity contribution in [3.63, 3.8) is 0 Å². The maximum absolute atomic E-state index is 14.1. The quantitative estimate of drug-likeness (QED) is 0.679. The first-order chi connectivity index (χ1) is 11.5. The molecule has 0 aromatic heterocycles. The summed E-state index contributed by atoms with van der Waals surface area (Å²) < 4.78 is 41.8. The Kier molecular flexibility index (Phi) is 6.20. The van der Waals surface area contributed by atoms with Crippen molar-refractivity contribution >= 4 is 6.08 Å². The fourth-order valence-electron chi connectivity index (χ4n) is 2.42. The maximum Gasteiger partial charge on any atom is 0.141 e. The zero-order valence-corrected chi connectivity index (χ0v) is 13.5. The van der Waals surface area contributed by atoms with Crippen molar-refractivity contribution < 1.29 is 13.2 Å². The van der Waals surface area contributed by atoms with E-state index in [1.165, 1.54) is 24.3 Å². The van der Waals surface area contributed by atoms with Gasteiger partial charge < -0.3 is 0 Å². The van der Waals surface area contributed by atoms with E-state index >= 15 is 0 Å². The molecule has 2 aromatic rings. The number of unbranched alkanes of at least 4 members (excludes halogenated alkanes) is 1. The molecule has 2 rings (SSSR count). The van der Waals surface area contributed by atoms with E-state index in [1.807, 2.05) is 13.0 Å². The lowest BCUT2D eigenvalue weighted by Crippen LogP contribution is -2.00. The molecule has 0 spiro atoms. The first-order valence-electron chi connectivity index (χ1n) is 7.88. The van der Waals surface area contributed by atoms with E-state index < -0.39 is 17.5 Å². The number of hydrogen-bond donors (Lipinski definition) is 0. The zero-order valence-electron chi connectivity index (χ0n) is 13.5. The normalized spacial score (nSPS) is 11.0. The van der Waals surface area contributed by atoms with Gasteiger partial charge in [0.05, 0.1) is 5.56 Å². The summed E-state index contributed by atoms with van der Waals surface area (Å²) in [5.74, 6) is -1.81. The van der Waals surface area contributed by atoms with Gasteiger partial charge in [0.1, 0.15) is 23.5 Å². The highest BCUT2D eigenvalue weighted by molar-refractivity contribution is 5.50. The number of nitriles is 1. The summed E-state index contributed by atoms with van der Waals surface area (Å²) in [5.41, 5.74) is 1.04. The van der Waals surface area contributed by atoms with Crippen molar-refractivity contribution in [2.75, 3.05) is 0 Å². The van der Waals surface area contributed by atoms with Crippen LogP contribution in [0.2, 0.25) is 0 Å². The van der Waals surface area contributed by atoms with Gasteiger partial charge >= 0.3 is 0 Å². The van der Waals surface area contributed by atoms with Gasteiger partial charge in [0.2, 0.25) is 0 Å². The first-order valence-corrected chi connectivity index (χ1v) is 7.88. The van der Waals surface area contributed by atoms with Crippen molar-refractivity contribution in [2.45, 2.75) is 32.6 Å². The number of aryl methyl sites for hydroxylation is 1. The van der Waals surface area contributed by atoms with Gasteiger partial charge in [-0.1, -0.05) is 31.6 Å². The van der Waals surface area contributed by atoms with Crippen molar-refractivity contribution in [1.29, 1.82) is 5.26 Å². The molecule has 124 valence electrons. The number of rotatable bonds is 6. The Morgan fingerprint density at radius 3 is 2.29 bits per heavy atom. The minimum atomic E-state index is -0.618. The lowest BCUT2D eigenvalue weighted by Gasteiger charge is -2.07. The Labute approximate surface area is 140 Å². The SMILES string of the molecule is CCCC=Cc1cc(F)c(CCc2ccc(C#N)c(F)c2)c(F)c1. The zero-order chi connectivity index (χ0) is 17.5. The van der Waals surface area contributed by atoms with Crippen molar-refractivity contribution in [1.82, 2.24) is 0 Å².